The summed E-state index contributed by atoms with van der Waals surface area (Å²) in [6, 6.07) is 4.97. The number of carbonyl (C=O) groups is 4. The van der Waals surface area contributed by atoms with E-state index in [1.165, 1.54) is 17.9 Å². The van der Waals surface area contributed by atoms with E-state index in [2.05, 4.69) is 10.3 Å². The summed E-state index contributed by atoms with van der Waals surface area (Å²) in [5.41, 5.74) is 0.548. The number of rotatable bonds is 7. The van der Waals surface area contributed by atoms with Gasteiger partial charge in [-0.1, -0.05) is 6.07 Å². The second kappa shape index (κ2) is 10.8. The number of H-pyrrole nitrogens is 1. The highest BCUT2D eigenvalue weighted by molar-refractivity contribution is 6.43. The summed E-state index contributed by atoms with van der Waals surface area (Å²) in [7, 11) is 0. The van der Waals surface area contributed by atoms with Crippen LogP contribution in [0, 0.1) is 13.8 Å². The zero-order valence-electron chi connectivity index (χ0n) is 20.1. The van der Waals surface area contributed by atoms with E-state index in [1.54, 1.807) is 24.8 Å². The molecule has 0 atom stereocenters. The Morgan fingerprint density at radius 2 is 1.75 bits per heavy atom. The maximum Gasteiger partial charge on any atom is 0.416 e. The van der Waals surface area contributed by atoms with Gasteiger partial charge in [-0.2, -0.15) is 13.2 Å². The van der Waals surface area contributed by atoms with Gasteiger partial charge in [0.1, 0.15) is 12.3 Å². The van der Waals surface area contributed by atoms with Crippen molar-refractivity contribution in [2.24, 2.45) is 0 Å². The number of esters is 1. The van der Waals surface area contributed by atoms with Gasteiger partial charge in [-0.25, -0.2) is 0 Å². The molecule has 1 aliphatic heterocycles. The number of carbonyl (C=O) groups excluding carboxylic acids is 4. The minimum Gasteiger partial charge on any atom is -0.464 e. The lowest BCUT2D eigenvalue weighted by atomic mass is 10.0. The fourth-order valence-electron chi connectivity index (χ4n) is 4.06. The number of nitrogens with one attached hydrogen (secondary N) is 2. The first-order valence-corrected chi connectivity index (χ1v) is 11.3. The van der Waals surface area contributed by atoms with Crippen molar-refractivity contribution in [1.82, 2.24) is 15.2 Å². The highest BCUT2D eigenvalue weighted by Gasteiger charge is 2.33. The van der Waals surface area contributed by atoms with E-state index >= 15 is 0 Å². The van der Waals surface area contributed by atoms with E-state index < -0.39 is 35.3 Å². The van der Waals surface area contributed by atoms with Crippen molar-refractivity contribution < 1.29 is 37.1 Å². The third-order valence-electron chi connectivity index (χ3n) is 5.88. The molecule has 194 valence electrons. The van der Waals surface area contributed by atoms with Gasteiger partial charge in [-0.15, -0.1) is 0 Å². The van der Waals surface area contributed by atoms with Crippen LogP contribution in [0.4, 0.5) is 18.9 Å². The Morgan fingerprint density at radius 1 is 1.08 bits per heavy atom. The molecule has 1 aromatic heterocycles. The van der Waals surface area contributed by atoms with Crippen molar-refractivity contribution >= 4 is 29.3 Å². The zero-order chi connectivity index (χ0) is 26.6. The molecule has 0 saturated carbocycles. The number of piperazine rings is 1. The van der Waals surface area contributed by atoms with E-state index in [9.17, 15) is 32.3 Å². The molecular formula is C24H27F3N4O5. The SMILES string of the molecule is CC(=O)OCCNC(=O)c1[nH]c(C)c(C(=O)C(=O)N2CCN(c3cccc(C(F)(F)F)c3)CC2)c1C. The van der Waals surface area contributed by atoms with Crippen molar-refractivity contribution in [3.63, 3.8) is 0 Å². The van der Waals surface area contributed by atoms with Gasteiger partial charge in [0.05, 0.1) is 17.7 Å². The van der Waals surface area contributed by atoms with Crippen LogP contribution in [0.25, 0.3) is 0 Å². The Bertz CT molecular complexity index is 1170. The van der Waals surface area contributed by atoms with Crippen molar-refractivity contribution in [1.29, 1.82) is 0 Å². The summed E-state index contributed by atoms with van der Waals surface area (Å²) in [5.74, 6) is -2.50. The fourth-order valence-corrected chi connectivity index (χ4v) is 4.06. The van der Waals surface area contributed by atoms with Gasteiger partial charge >= 0.3 is 12.1 Å². The van der Waals surface area contributed by atoms with E-state index in [0.717, 1.165) is 12.1 Å². The van der Waals surface area contributed by atoms with Crippen molar-refractivity contribution in [3.8, 4) is 0 Å². The quantitative estimate of drug-likeness (QED) is 0.257. The standard InChI is InChI=1S/C24H27F3N4O5/c1-14-19(15(2)29-20(14)22(34)28-7-12-36-16(3)32)21(33)23(35)31-10-8-30(9-11-31)18-6-4-5-17(13-18)24(25,26)27/h4-6,13,29H,7-12H2,1-3H3,(H,28,34). The maximum atomic E-state index is 13.0. The Balaban J connectivity index is 1.64. The number of aryl methyl sites for hydroxylation is 1. The average molecular weight is 508 g/mol. The molecule has 0 radical (unpaired) electrons. The van der Waals surface area contributed by atoms with Crippen LogP contribution in [-0.4, -0.2) is 72.8 Å². The number of alkyl halides is 3. The molecule has 36 heavy (non-hydrogen) atoms. The Hall–Kier alpha value is -3.83. The van der Waals surface area contributed by atoms with Gasteiger partial charge in [0.25, 0.3) is 17.6 Å². The summed E-state index contributed by atoms with van der Waals surface area (Å²) >= 11 is 0. The van der Waals surface area contributed by atoms with Crippen LogP contribution in [0.15, 0.2) is 24.3 Å². The van der Waals surface area contributed by atoms with Crippen LogP contribution in [0.2, 0.25) is 0 Å². The molecule has 2 heterocycles. The first kappa shape index (κ1) is 26.8. The van der Waals surface area contributed by atoms with Crippen molar-refractivity contribution in [2.45, 2.75) is 26.9 Å². The lowest BCUT2D eigenvalue weighted by molar-refractivity contribution is -0.141. The van der Waals surface area contributed by atoms with Crippen LogP contribution in [-0.2, 0) is 20.5 Å². The first-order chi connectivity index (χ1) is 16.9. The van der Waals surface area contributed by atoms with Gasteiger partial charge < -0.3 is 24.8 Å². The molecule has 0 spiro atoms. The summed E-state index contributed by atoms with van der Waals surface area (Å²) in [6.07, 6.45) is -4.45. The van der Waals surface area contributed by atoms with Gasteiger partial charge in [-0.05, 0) is 37.6 Å². The number of hydrogen-bond acceptors (Lipinski definition) is 6. The molecule has 1 aromatic carbocycles. The van der Waals surface area contributed by atoms with Gasteiger partial charge in [-0.3, -0.25) is 19.2 Å². The molecule has 1 fully saturated rings. The predicted octanol–water partition coefficient (Wildman–Crippen LogP) is 2.47. The molecule has 0 unspecified atom stereocenters. The largest absolute Gasteiger partial charge is 0.464 e. The lowest BCUT2D eigenvalue weighted by Crippen LogP contribution is -2.50. The summed E-state index contributed by atoms with van der Waals surface area (Å²) < 4.78 is 43.8. The van der Waals surface area contributed by atoms with E-state index in [4.69, 9.17) is 4.74 Å². The third kappa shape index (κ3) is 6.04. The van der Waals surface area contributed by atoms with Crippen LogP contribution in [0.5, 0.6) is 0 Å². The summed E-state index contributed by atoms with van der Waals surface area (Å²) in [6.45, 7) is 5.30. The number of hydrogen-bond donors (Lipinski definition) is 2. The minimum absolute atomic E-state index is 0.00341. The number of benzene rings is 1. The number of Topliss-reactive ketones (excluding diaryl/α,β-unsaturated/α-hetero) is 1. The number of anilines is 1. The molecule has 0 bridgehead atoms. The zero-order valence-corrected chi connectivity index (χ0v) is 20.1. The Kier molecular flexibility index (Phi) is 8.06. The maximum absolute atomic E-state index is 13.0. The third-order valence-corrected chi connectivity index (χ3v) is 5.88. The Labute approximate surface area is 205 Å². The van der Waals surface area contributed by atoms with Gasteiger partial charge in [0, 0.05) is 44.5 Å². The Morgan fingerprint density at radius 3 is 2.36 bits per heavy atom. The fraction of sp³-hybridized carbons (Fsp3) is 0.417. The summed E-state index contributed by atoms with van der Waals surface area (Å²) in [5, 5.41) is 2.57. The molecule has 2 amide bonds. The second-order valence-corrected chi connectivity index (χ2v) is 8.38. The molecular weight excluding hydrogens is 481 g/mol. The van der Waals surface area contributed by atoms with Crippen LogP contribution >= 0.6 is 0 Å². The average Bonchev–Trinajstić information content (AvgIpc) is 3.14. The van der Waals surface area contributed by atoms with E-state index in [0.29, 0.717) is 16.9 Å². The molecule has 2 N–H and O–H groups in total. The number of ketones is 1. The number of amides is 2. The van der Waals surface area contributed by atoms with Crippen LogP contribution < -0.4 is 10.2 Å². The topological polar surface area (TPSA) is 112 Å². The predicted molar refractivity (Wildman–Crippen MR) is 124 cm³/mol. The molecule has 12 heteroatoms. The number of halogens is 3. The van der Waals surface area contributed by atoms with Crippen molar-refractivity contribution in [2.75, 3.05) is 44.2 Å². The number of aromatic nitrogens is 1. The molecule has 0 aliphatic carbocycles. The smallest absolute Gasteiger partial charge is 0.416 e. The number of aromatic amines is 1. The lowest BCUT2D eigenvalue weighted by Gasteiger charge is -2.36. The summed E-state index contributed by atoms with van der Waals surface area (Å²) in [4.78, 5) is 55.2. The van der Waals surface area contributed by atoms with E-state index in [-0.39, 0.29) is 50.6 Å². The van der Waals surface area contributed by atoms with Crippen molar-refractivity contribution in [3.05, 3.63) is 52.3 Å². The minimum atomic E-state index is -4.45. The number of nitrogens with zero attached hydrogens (tertiary/aromatic N) is 2. The molecule has 1 saturated heterocycles. The molecule has 1 aliphatic rings. The van der Waals surface area contributed by atoms with Gasteiger partial charge in [0.2, 0.25) is 0 Å². The van der Waals surface area contributed by atoms with Crippen LogP contribution in [0.3, 0.4) is 0 Å². The molecule has 2 aromatic rings. The molecule has 9 nitrogen and oxygen atoms in total. The first-order valence-electron chi connectivity index (χ1n) is 11.3. The van der Waals surface area contributed by atoms with Gasteiger partial charge in [0.15, 0.2) is 0 Å². The number of ether oxygens (including phenoxy) is 1. The van der Waals surface area contributed by atoms with E-state index in [1.807, 2.05) is 0 Å². The molecule has 3 rings (SSSR count). The normalized spacial score (nSPS) is 13.9. The highest BCUT2D eigenvalue weighted by atomic mass is 19.4. The van der Waals surface area contributed by atoms with Crippen LogP contribution in [0.1, 0.15) is 44.6 Å². The monoisotopic (exact) mass is 508 g/mol. The highest BCUT2D eigenvalue weighted by Crippen LogP contribution is 2.32. The second-order valence-electron chi connectivity index (χ2n) is 8.38.